The van der Waals surface area contributed by atoms with E-state index in [0.717, 1.165) is 32.4 Å². The maximum atomic E-state index is 12.5. The molecule has 16 heavy (non-hydrogen) atoms. The first-order valence-electron chi connectivity index (χ1n) is 6.13. The van der Waals surface area contributed by atoms with E-state index in [1.54, 1.807) is 4.90 Å². The molecule has 1 amide bonds. The second-order valence-electron chi connectivity index (χ2n) is 4.48. The van der Waals surface area contributed by atoms with Gasteiger partial charge in [-0.25, -0.2) is 0 Å². The average molecular weight is 222 g/mol. The molecule has 1 unspecified atom stereocenters. The van der Waals surface area contributed by atoms with Crippen LogP contribution in [0.3, 0.4) is 0 Å². The summed E-state index contributed by atoms with van der Waals surface area (Å²) < 4.78 is 0. The number of amides is 1. The Morgan fingerprint density at radius 1 is 1.56 bits per heavy atom. The molecule has 0 aromatic heterocycles. The summed E-state index contributed by atoms with van der Waals surface area (Å²) >= 11 is 0. The van der Waals surface area contributed by atoms with Gasteiger partial charge in [0.05, 0.1) is 12.0 Å². The second kappa shape index (κ2) is 5.91. The third-order valence-electron chi connectivity index (χ3n) is 3.38. The SMILES string of the molecule is C#CCN(CC)C(=O)C1(CCC)CCNC1. The van der Waals surface area contributed by atoms with Crippen molar-refractivity contribution in [2.75, 3.05) is 26.2 Å². The number of terminal acetylenes is 1. The van der Waals surface area contributed by atoms with Crippen molar-refractivity contribution in [2.24, 2.45) is 5.41 Å². The summed E-state index contributed by atoms with van der Waals surface area (Å²) in [7, 11) is 0. The number of hydrogen-bond acceptors (Lipinski definition) is 2. The van der Waals surface area contributed by atoms with Crippen LogP contribution in [-0.4, -0.2) is 37.0 Å². The zero-order valence-electron chi connectivity index (χ0n) is 10.4. The van der Waals surface area contributed by atoms with Crippen molar-refractivity contribution in [3.63, 3.8) is 0 Å². The van der Waals surface area contributed by atoms with Crippen LogP contribution in [0.2, 0.25) is 0 Å². The molecule has 1 N–H and O–H groups in total. The summed E-state index contributed by atoms with van der Waals surface area (Å²) in [5, 5.41) is 3.30. The topological polar surface area (TPSA) is 32.3 Å². The molecule has 1 atom stereocenters. The monoisotopic (exact) mass is 222 g/mol. The van der Waals surface area contributed by atoms with E-state index in [4.69, 9.17) is 6.42 Å². The molecule has 0 radical (unpaired) electrons. The van der Waals surface area contributed by atoms with Gasteiger partial charge in [0.25, 0.3) is 0 Å². The lowest BCUT2D eigenvalue weighted by molar-refractivity contribution is -0.140. The van der Waals surface area contributed by atoms with Crippen molar-refractivity contribution < 1.29 is 4.79 Å². The van der Waals surface area contributed by atoms with E-state index >= 15 is 0 Å². The molecular weight excluding hydrogens is 200 g/mol. The lowest BCUT2D eigenvalue weighted by Crippen LogP contribution is -2.45. The molecule has 0 aromatic carbocycles. The van der Waals surface area contributed by atoms with Crippen molar-refractivity contribution in [1.29, 1.82) is 0 Å². The molecule has 3 heteroatoms. The molecule has 0 saturated carbocycles. The van der Waals surface area contributed by atoms with Crippen LogP contribution in [0.1, 0.15) is 33.1 Å². The summed E-state index contributed by atoms with van der Waals surface area (Å²) in [6.45, 7) is 7.00. The molecule has 0 bridgehead atoms. The fourth-order valence-electron chi connectivity index (χ4n) is 2.50. The molecule has 1 aliphatic rings. The van der Waals surface area contributed by atoms with E-state index in [1.165, 1.54) is 0 Å². The van der Waals surface area contributed by atoms with Crippen LogP contribution in [0.4, 0.5) is 0 Å². The van der Waals surface area contributed by atoms with E-state index in [1.807, 2.05) is 6.92 Å². The summed E-state index contributed by atoms with van der Waals surface area (Å²) in [6, 6.07) is 0. The van der Waals surface area contributed by atoms with Crippen molar-refractivity contribution in [1.82, 2.24) is 10.2 Å². The quantitative estimate of drug-likeness (QED) is 0.710. The summed E-state index contributed by atoms with van der Waals surface area (Å²) in [5.41, 5.74) is -0.193. The van der Waals surface area contributed by atoms with Crippen molar-refractivity contribution in [3.05, 3.63) is 0 Å². The standard InChI is InChI=1S/C13H22N2O/c1-4-7-13(8-9-14-11-13)12(16)15(6-3)10-5-2/h2,14H,4,6-11H2,1,3H3. The molecule has 1 aliphatic heterocycles. The maximum Gasteiger partial charge on any atom is 0.230 e. The molecule has 0 aliphatic carbocycles. The highest BCUT2D eigenvalue weighted by molar-refractivity contribution is 5.83. The smallest absolute Gasteiger partial charge is 0.230 e. The van der Waals surface area contributed by atoms with E-state index in [9.17, 15) is 4.79 Å². The summed E-state index contributed by atoms with van der Waals surface area (Å²) in [5.74, 6) is 2.80. The number of carbonyl (C=O) groups excluding carboxylic acids is 1. The van der Waals surface area contributed by atoms with Gasteiger partial charge < -0.3 is 10.2 Å². The van der Waals surface area contributed by atoms with Gasteiger partial charge in [0.2, 0.25) is 5.91 Å². The molecular formula is C13H22N2O. The largest absolute Gasteiger partial charge is 0.331 e. The lowest BCUT2D eigenvalue weighted by atomic mass is 9.81. The maximum absolute atomic E-state index is 12.5. The Morgan fingerprint density at radius 2 is 2.31 bits per heavy atom. The first kappa shape index (κ1) is 13.1. The number of nitrogens with one attached hydrogen (secondary N) is 1. The Labute approximate surface area is 98.6 Å². The highest BCUT2D eigenvalue weighted by Gasteiger charge is 2.42. The minimum atomic E-state index is -0.193. The third kappa shape index (κ3) is 2.56. The van der Waals surface area contributed by atoms with E-state index in [0.29, 0.717) is 13.1 Å². The Morgan fingerprint density at radius 3 is 2.75 bits per heavy atom. The summed E-state index contributed by atoms with van der Waals surface area (Å²) in [6.07, 6.45) is 8.25. The van der Waals surface area contributed by atoms with Gasteiger partial charge in [-0.15, -0.1) is 6.42 Å². The predicted molar refractivity (Wildman–Crippen MR) is 65.9 cm³/mol. The third-order valence-corrected chi connectivity index (χ3v) is 3.38. The zero-order chi connectivity index (χ0) is 12.0. The van der Waals surface area contributed by atoms with E-state index in [2.05, 4.69) is 18.2 Å². The van der Waals surface area contributed by atoms with Crippen LogP contribution >= 0.6 is 0 Å². The average Bonchev–Trinajstić information content (AvgIpc) is 2.75. The van der Waals surface area contributed by atoms with Gasteiger partial charge in [-0.05, 0) is 26.3 Å². The summed E-state index contributed by atoms with van der Waals surface area (Å²) in [4.78, 5) is 14.3. The zero-order valence-corrected chi connectivity index (χ0v) is 10.4. The van der Waals surface area contributed by atoms with Gasteiger partial charge in [-0.1, -0.05) is 19.3 Å². The molecule has 1 heterocycles. The van der Waals surface area contributed by atoms with Crippen LogP contribution in [0.15, 0.2) is 0 Å². The number of carbonyl (C=O) groups is 1. The Balaban J connectivity index is 2.78. The van der Waals surface area contributed by atoms with Crippen LogP contribution in [0.25, 0.3) is 0 Å². The molecule has 1 fully saturated rings. The molecule has 0 spiro atoms. The van der Waals surface area contributed by atoms with Gasteiger partial charge in [0, 0.05) is 13.1 Å². The molecule has 1 rings (SSSR count). The van der Waals surface area contributed by atoms with Gasteiger partial charge in [0.1, 0.15) is 0 Å². The molecule has 1 saturated heterocycles. The van der Waals surface area contributed by atoms with Crippen molar-refractivity contribution >= 4 is 5.91 Å². The van der Waals surface area contributed by atoms with Crippen LogP contribution in [-0.2, 0) is 4.79 Å². The first-order chi connectivity index (χ1) is 7.70. The van der Waals surface area contributed by atoms with Gasteiger partial charge in [-0.3, -0.25) is 4.79 Å². The van der Waals surface area contributed by atoms with Crippen LogP contribution in [0, 0.1) is 17.8 Å². The highest BCUT2D eigenvalue weighted by Crippen LogP contribution is 2.33. The minimum absolute atomic E-state index is 0.193. The van der Waals surface area contributed by atoms with Crippen LogP contribution in [0.5, 0.6) is 0 Å². The Hall–Kier alpha value is -1.01. The van der Waals surface area contributed by atoms with Crippen molar-refractivity contribution in [3.8, 4) is 12.3 Å². The van der Waals surface area contributed by atoms with Gasteiger partial charge in [-0.2, -0.15) is 0 Å². The highest BCUT2D eigenvalue weighted by atomic mass is 16.2. The van der Waals surface area contributed by atoms with E-state index < -0.39 is 0 Å². The Kier molecular flexibility index (Phi) is 4.82. The number of nitrogens with zero attached hydrogens (tertiary/aromatic N) is 1. The second-order valence-corrected chi connectivity index (χ2v) is 4.48. The van der Waals surface area contributed by atoms with E-state index in [-0.39, 0.29) is 11.3 Å². The predicted octanol–water partition coefficient (Wildman–Crippen LogP) is 1.25. The van der Waals surface area contributed by atoms with Crippen molar-refractivity contribution in [2.45, 2.75) is 33.1 Å². The van der Waals surface area contributed by atoms with Gasteiger partial charge >= 0.3 is 0 Å². The first-order valence-corrected chi connectivity index (χ1v) is 6.13. The Bertz CT molecular complexity index is 274. The molecule has 90 valence electrons. The fraction of sp³-hybridized carbons (Fsp3) is 0.769. The number of rotatable bonds is 5. The molecule has 3 nitrogen and oxygen atoms in total. The minimum Gasteiger partial charge on any atom is -0.331 e. The normalized spacial score (nSPS) is 24.1. The lowest BCUT2D eigenvalue weighted by Gasteiger charge is -2.32. The van der Waals surface area contributed by atoms with Gasteiger partial charge in [0.15, 0.2) is 0 Å². The fourth-order valence-corrected chi connectivity index (χ4v) is 2.50. The molecule has 0 aromatic rings. The number of hydrogen-bond donors (Lipinski definition) is 1. The van der Waals surface area contributed by atoms with Crippen LogP contribution < -0.4 is 5.32 Å².